The van der Waals surface area contributed by atoms with E-state index in [2.05, 4.69) is 61.5 Å². The zero-order valence-electron chi connectivity index (χ0n) is 73.7. The molecule has 8 heterocycles. The van der Waals surface area contributed by atoms with Gasteiger partial charge in [0, 0.05) is 82.1 Å². The van der Waals surface area contributed by atoms with Gasteiger partial charge in [-0.2, -0.15) is 21.0 Å². The lowest BCUT2D eigenvalue weighted by atomic mass is 9.85. The first-order chi connectivity index (χ1) is 59.1. The molecule has 9 amide bonds. The second-order valence-electron chi connectivity index (χ2n) is 40.2. The minimum absolute atomic E-state index is 0. The molecule has 0 aromatic heterocycles. The first-order valence-corrected chi connectivity index (χ1v) is 47.5. The summed E-state index contributed by atoms with van der Waals surface area (Å²) in [6.07, 6.45) is 35.0. The molecule has 31 nitrogen and oxygen atoms in total. The molecule has 0 radical (unpaired) electrons. The van der Waals surface area contributed by atoms with Crippen LogP contribution in [0.5, 0.6) is 0 Å². The SMILES string of the molecule is CC(C)(C)OC(=O)N1CCCCC12CCN(C(CC1CC1)C(=O)N[C@H](C#N)C[C@@H]1CCCC1=O)C2=O.N#C[C@H](C[C@@H]1CCCC1=O)NC(=O)[C@@H](CC1CC1)N1CCC2(CCCCN2)C1=O.N#C[C@H](C[C@@H]1CCCC1=O)NC(=O)[C@H](CC1CC1)N1CC[C@@]2(CCCCN2)C1=O.N#C[C@H](C[C@@H]1CCCC1=O)NC(=O)[C@H](CC1CC1)N1CC[C@]2(CCCCN2)C1=O.O. The van der Waals surface area contributed by atoms with E-state index in [1.165, 1.54) is 0 Å². The summed E-state index contributed by atoms with van der Waals surface area (Å²) in [6, 6.07) is 3.67. The molecule has 16 atom stereocenters. The minimum atomic E-state index is -0.979. The molecule has 9 N–H and O–H groups in total. The van der Waals surface area contributed by atoms with Crippen LogP contribution in [0.2, 0.25) is 0 Å². The summed E-state index contributed by atoms with van der Waals surface area (Å²) in [4.78, 5) is 176. The van der Waals surface area contributed by atoms with Crippen LogP contribution in [-0.4, -0.2) is 235 Å². The molecule has 16 fully saturated rings. The van der Waals surface area contributed by atoms with Crippen LogP contribution in [0.4, 0.5) is 4.79 Å². The molecule has 8 aliphatic heterocycles. The van der Waals surface area contributed by atoms with Crippen molar-refractivity contribution in [1.82, 2.24) is 61.7 Å². The number of likely N-dealkylation sites (tertiary alicyclic amines) is 5. The van der Waals surface area contributed by atoms with Gasteiger partial charge in [-0.25, -0.2) is 4.79 Å². The average Bonchev–Trinajstić information content (AvgIpc) is 1.57. The molecular formula is C93H138N16O15. The standard InChI is InChI=1S/C27H40N4O5.3C22H32N4O3.H2O/c1-26(2,3)36-25(35)31-13-5-4-11-27(31)12-14-30(24(27)34)21(15-18-9-10-18)23(33)29-20(17-28)16-19-7-6-8-22(19)32;3*23-14-17(13-16-4-3-5-19(16)27)25-20(28)18(12-15-6-7-15)26-11-9-22(21(26)29)8-1-2-10-24-22;/h18-21H,4-16H2,1-3H3,(H,29,33);3*15-18,24H,1-13H2,(H,25,28);1H2/t19-,20-,21?,27?;16-,17-,18+,22?;16-,17-,18-,22+;16-,17-,18-,22-;/m0000./s1. The molecule has 124 heavy (non-hydrogen) atoms. The van der Waals surface area contributed by atoms with Gasteiger partial charge in [-0.05, 0) is 270 Å². The molecular weight excluding hydrogens is 1580 g/mol. The van der Waals surface area contributed by atoms with Crippen molar-refractivity contribution in [3.05, 3.63) is 0 Å². The number of nitrogens with one attached hydrogen (secondary N) is 7. The first kappa shape index (κ1) is 94.6. The van der Waals surface area contributed by atoms with Crippen LogP contribution >= 0.6 is 0 Å². The fourth-order valence-electron chi connectivity index (χ4n) is 22.1. The average molecular weight is 1720 g/mol. The summed E-state index contributed by atoms with van der Waals surface area (Å²) in [5, 5.41) is 60.1. The fraction of sp³-hybridized carbons (Fsp3) is 0.817. The van der Waals surface area contributed by atoms with Crippen LogP contribution < -0.4 is 37.2 Å². The predicted octanol–water partition coefficient (Wildman–Crippen LogP) is 7.49. The van der Waals surface area contributed by atoms with Crippen molar-refractivity contribution in [1.29, 1.82) is 21.0 Å². The number of ketones is 4. The maximum Gasteiger partial charge on any atom is 0.411 e. The number of ether oxygens (including phenoxy) is 1. The lowest BCUT2D eigenvalue weighted by Crippen LogP contribution is -2.61. The van der Waals surface area contributed by atoms with Gasteiger partial charge in [0.1, 0.15) is 82.6 Å². The highest BCUT2D eigenvalue weighted by Gasteiger charge is 2.59. The summed E-state index contributed by atoms with van der Waals surface area (Å²) < 4.78 is 5.64. The van der Waals surface area contributed by atoms with Crippen LogP contribution in [0.1, 0.15) is 303 Å². The minimum Gasteiger partial charge on any atom is -0.444 e. The lowest BCUT2D eigenvalue weighted by molar-refractivity contribution is -0.146. The summed E-state index contributed by atoms with van der Waals surface area (Å²) in [6.45, 7) is 10.6. The molecule has 16 aliphatic rings. The molecule has 31 heteroatoms. The number of hydrogen-bond donors (Lipinski definition) is 7. The van der Waals surface area contributed by atoms with Crippen molar-refractivity contribution >= 4 is 76.5 Å². The molecule has 680 valence electrons. The highest BCUT2D eigenvalue weighted by molar-refractivity contribution is 5.98. The monoisotopic (exact) mass is 1720 g/mol. The number of carbonyl (C=O) groups excluding carboxylic acids is 13. The van der Waals surface area contributed by atoms with Crippen LogP contribution in [-0.2, 0) is 62.3 Å². The first-order valence-electron chi connectivity index (χ1n) is 47.5. The zero-order chi connectivity index (χ0) is 87.4. The number of hydrogen-bond acceptors (Lipinski definition) is 21. The predicted molar refractivity (Wildman–Crippen MR) is 455 cm³/mol. The summed E-state index contributed by atoms with van der Waals surface area (Å²) in [7, 11) is 0. The van der Waals surface area contributed by atoms with E-state index in [9.17, 15) is 83.4 Å². The van der Waals surface area contributed by atoms with Crippen molar-refractivity contribution in [3.63, 3.8) is 0 Å². The number of rotatable bonds is 28. The molecule has 0 aromatic rings. The van der Waals surface area contributed by atoms with E-state index in [-0.39, 0.29) is 99.5 Å². The molecule has 16 rings (SSSR count). The van der Waals surface area contributed by atoms with E-state index in [1.807, 2.05) is 20.8 Å². The molecule has 0 aromatic carbocycles. The van der Waals surface area contributed by atoms with E-state index < -0.39 is 82.2 Å². The van der Waals surface area contributed by atoms with Gasteiger partial charge in [0.05, 0.1) is 40.9 Å². The summed E-state index contributed by atoms with van der Waals surface area (Å²) >= 11 is 0. The Morgan fingerprint density at radius 1 is 0.363 bits per heavy atom. The van der Waals surface area contributed by atoms with Gasteiger partial charge in [0.25, 0.3) is 0 Å². The van der Waals surface area contributed by atoms with Gasteiger partial charge in [-0.1, -0.05) is 51.4 Å². The molecule has 8 saturated carbocycles. The molecule has 8 saturated heterocycles. The van der Waals surface area contributed by atoms with E-state index in [4.69, 9.17) is 4.74 Å². The van der Waals surface area contributed by atoms with Gasteiger partial charge in [-0.15, -0.1) is 0 Å². The highest BCUT2D eigenvalue weighted by Crippen LogP contribution is 2.46. The number of nitrogens with zero attached hydrogens (tertiary/aromatic N) is 9. The zero-order valence-corrected chi connectivity index (χ0v) is 73.7. The Morgan fingerprint density at radius 2 is 0.637 bits per heavy atom. The van der Waals surface area contributed by atoms with E-state index in [0.717, 1.165) is 212 Å². The normalized spacial score (nSPS) is 30.4. The second-order valence-corrected chi connectivity index (χ2v) is 40.2. The van der Waals surface area contributed by atoms with Crippen molar-refractivity contribution in [2.45, 2.75) is 379 Å². The number of piperidine rings is 4. The smallest absolute Gasteiger partial charge is 0.411 e. The third-order valence-electron chi connectivity index (χ3n) is 30.0. The van der Waals surface area contributed by atoms with Gasteiger partial charge in [0.15, 0.2) is 0 Å². The maximum absolute atomic E-state index is 14.0. The molecule has 8 aliphatic carbocycles. The van der Waals surface area contributed by atoms with Crippen LogP contribution in [0.25, 0.3) is 0 Å². The molecule has 3 unspecified atom stereocenters. The molecule has 0 bridgehead atoms. The number of amides is 9. The summed E-state index contributed by atoms with van der Waals surface area (Å²) in [5.74, 6) is 1.05. The largest absolute Gasteiger partial charge is 0.444 e. The van der Waals surface area contributed by atoms with Crippen molar-refractivity contribution in [2.24, 2.45) is 47.3 Å². The van der Waals surface area contributed by atoms with Crippen molar-refractivity contribution < 1.29 is 72.5 Å². The third-order valence-corrected chi connectivity index (χ3v) is 30.0. The Balaban J connectivity index is 0.000000151. The van der Waals surface area contributed by atoms with Gasteiger partial charge >= 0.3 is 6.09 Å². The number of nitriles is 4. The van der Waals surface area contributed by atoms with Crippen LogP contribution in [0.15, 0.2) is 0 Å². The third kappa shape index (κ3) is 23.3. The Kier molecular flexibility index (Phi) is 32.0. The lowest BCUT2D eigenvalue weighted by Gasteiger charge is -2.43. The van der Waals surface area contributed by atoms with Crippen molar-refractivity contribution in [3.8, 4) is 24.3 Å². The quantitative estimate of drug-likeness (QED) is 0.0398. The van der Waals surface area contributed by atoms with E-state index >= 15 is 0 Å². The Labute approximate surface area is 731 Å². The number of carbonyl (C=O) groups is 13. The van der Waals surface area contributed by atoms with Gasteiger partial charge in [0.2, 0.25) is 47.3 Å². The Hall–Kier alpha value is -8.49. The fourth-order valence-corrected chi connectivity index (χ4v) is 22.1. The summed E-state index contributed by atoms with van der Waals surface area (Å²) in [5.41, 5.74) is -3.13. The maximum atomic E-state index is 14.0. The highest BCUT2D eigenvalue weighted by atomic mass is 16.6. The second kappa shape index (κ2) is 42.0. The molecule has 4 spiro atoms. The number of Topliss-reactive ketones (excluding diaryl/α,β-unsaturated/α-hetero) is 4. The Bertz CT molecular complexity index is 3780. The van der Waals surface area contributed by atoms with E-state index in [1.54, 1.807) is 24.5 Å². The van der Waals surface area contributed by atoms with E-state index in [0.29, 0.717) is 146 Å². The topological polar surface area (TPSA) is 458 Å². The van der Waals surface area contributed by atoms with Crippen LogP contribution in [0, 0.1) is 92.7 Å². The van der Waals surface area contributed by atoms with Gasteiger partial charge < -0.3 is 67.0 Å². The van der Waals surface area contributed by atoms with Gasteiger partial charge in [-0.3, -0.25) is 62.4 Å². The van der Waals surface area contributed by atoms with Crippen LogP contribution in [0.3, 0.4) is 0 Å². The Morgan fingerprint density at radius 3 is 0.879 bits per heavy atom. The van der Waals surface area contributed by atoms with Crippen molar-refractivity contribution in [2.75, 3.05) is 52.4 Å².